The van der Waals surface area contributed by atoms with Crippen molar-refractivity contribution >= 4 is 27.5 Å². The number of hydrogen-bond acceptors (Lipinski definition) is 7. The van der Waals surface area contributed by atoms with Crippen LogP contribution in [0.2, 0.25) is 0 Å². The predicted octanol–water partition coefficient (Wildman–Crippen LogP) is 2.95. The van der Waals surface area contributed by atoms with Crippen molar-refractivity contribution in [2.75, 3.05) is 27.2 Å². The lowest BCUT2D eigenvalue weighted by Gasteiger charge is -2.19. The molecule has 142 valence electrons. The van der Waals surface area contributed by atoms with Gasteiger partial charge in [0.2, 0.25) is 0 Å². The third-order valence-corrected chi connectivity index (χ3v) is 5.76. The third kappa shape index (κ3) is 3.81. The summed E-state index contributed by atoms with van der Waals surface area (Å²) >= 11 is 1.66. The van der Waals surface area contributed by atoms with Crippen LogP contribution in [0, 0.1) is 6.92 Å². The van der Waals surface area contributed by atoms with Crippen LogP contribution in [0.1, 0.15) is 27.7 Å². The van der Waals surface area contributed by atoms with Crippen molar-refractivity contribution in [3.05, 3.63) is 40.7 Å². The number of nitrogens with zero attached hydrogens (tertiary/aromatic N) is 4. The SMILES string of the molecule is Cc1nc2cc(OCc3cc(C(=O)N4CC[C@@H](N(C)C)C4)no3)ccc2s1. The van der Waals surface area contributed by atoms with Crippen LogP contribution in [0.3, 0.4) is 0 Å². The van der Waals surface area contributed by atoms with Crippen LogP contribution in [-0.2, 0) is 6.61 Å². The topological polar surface area (TPSA) is 71.7 Å². The Balaban J connectivity index is 1.38. The number of fused-ring (bicyclic) bond motifs is 1. The summed E-state index contributed by atoms with van der Waals surface area (Å²) in [6.45, 7) is 3.67. The minimum absolute atomic E-state index is 0.0892. The van der Waals surface area contributed by atoms with E-state index >= 15 is 0 Å². The van der Waals surface area contributed by atoms with Gasteiger partial charge in [-0.3, -0.25) is 4.79 Å². The smallest absolute Gasteiger partial charge is 0.276 e. The van der Waals surface area contributed by atoms with Gasteiger partial charge >= 0.3 is 0 Å². The van der Waals surface area contributed by atoms with Crippen molar-refractivity contribution in [3.8, 4) is 5.75 Å². The number of likely N-dealkylation sites (N-methyl/N-ethyl adjacent to an activating group) is 1. The highest BCUT2D eigenvalue weighted by atomic mass is 32.1. The number of aryl methyl sites for hydroxylation is 1. The van der Waals surface area contributed by atoms with Gasteiger partial charge in [0.25, 0.3) is 5.91 Å². The highest BCUT2D eigenvalue weighted by Gasteiger charge is 2.29. The van der Waals surface area contributed by atoms with Crippen LogP contribution in [0.4, 0.5) is 0 Å². The third-order valence-electron chi connectivity index (χ3n) is 4.81. The lowest BCUT2D eigenvalue weighted by Crippen LogP contribution is -2.34. The van der Waals surface area contributed by atoms with Gasteiger partial charge in [0.15, 0.2) is 11.5 Å². The first-order valence-electron chi connectivity index (χ1n) is 8.91. The number of aromatic nitrogens is 2. The quantitative estimate of drug-likeness (QED) is 0.671. The van der Waals surface area contributed by atoms with Crippen molar-refractivity contribution in [3.63, 3.8) is 0 Å². The summed E-state index contributed by atoms with van der Waals surface area (Å²) in [7, 11) is 4.07. The lowest BCUT2D eigenvalue weighted by molar-refractivity contribution is 0.0772. The molecule has 0 unspecified atom stereocenters. The van der Waals surface area contributed by atoms with Gasteiger partial charge in [-0.15, -0.1) is 11.3 Å². The molecule has 3 heterocycles. The van der Waals surface area contributed by atoms with Crippen molar-refractivity contribution in [2.45, 2.75) is 26.0 Å². The summed E-state index contributed by atoms with van der Waals surface area (Å²) in [6.07, 6.45) is 0.977. The highest BCUT2D eigenvalue weighted by Crippen LogP contribution is 2.26. The van der Waals surface area contributed by atoms with Crippen molar-refractivity contribution < 1.29 is 14.1 Å². The second-order valence-corrected chi connectivity index (χ2v) is 8.22. The maximum absolute atomic E-state index is 12.6. The molecule has 7 nitrogen and oxygen atoms in total. The van der Waals surface area contributed by atoms with E-state index in [0.29, 0.717) is 23.2 Å². The molecule has 1 saturated heterocycles. The number of benzene rings is 1. The Morgan fingerprint density at radius 1 is 1.41 bits per heavy atom. The number of hydrogen-bond donors (Lipinski definition) is 0. The zero-order valence-electron chi connectivity index (χ0n) is 15.6. The average Bonchev–Trinajstić information content (AvgIpc) is 3.37. The van der Waals surface area contributed by atoms with E-state index in [2.05, 4.69) is 15.0 Å². The summed E-state index contributed by atoms with van der Waals surface area (Å²) < 4.78 is 12.2. The van der Waals surface area contributed by atoms with Crippen LogP contribution < -0.4 is 4.74 Å². The molecule has 0 aliphatic carbocycles. The number of amides is 1. The number of carbonyl (C=O) groups excluding carboxylic acids is 1. The molecular formula is C19H22N4O3S. The average molecular weight is 386 g/mol. The van der Waals surface area contributed by atoms with Gasteiger partial charge in [0, 0.05) is 31.3 Å². The van der Waals surface area contributed by atoms with E-state index in [0.717, 1.165) is 34.7 Å². The molecule has 3 aromatic rings. The van der Waals surface area contributed by atoms with Gasteiger partial charge in [-0.25, -0.2) is 4.98 Å². The van der Waals surface area contributed by atoms with E-state index in [9.17, 15) is 4.79 Å². The molecule has 1 atom stereocenters. The summed E-state index contributed by atoms with van der Waals surface area (Å²) in [6, 6.07) is 7.88. The first kappa shape index (κ1) is 17.9. The maximum atomic E-state index is 12.6. The van der Waals surface area contributed by atoms with Gasteiger partial charge < -0.3 is 19.1 Å². The number of likely N-dealkylation sites (tertiary alicyclic amines) is 1. The Hall–Kier alpha value is -2.45. The first-order valence-corrected chi connectivity index (χ1v) is 9.72. The summed E-state index contributed by atoms with van der Waals surface area (Å²) in [5.74, 6) is 1.15. The van der Waals surface area contributed by atoms with E-state index in [-0.39, 0.29) is 12.5 Å². The van der Waals surface area contributed by atoms with Crippen molar-refractivity contribution in [1.82, 2.24) is 19.9 Å². The molecule has 8 heteroatoms. The van der Waals surface area contributed by atoms with Gasteiger partial charge in [-0.2, -0.15) is 0 Å². The molecule has 4 rings (SSSR count). The number of thiazole rings is 1. The van der Waals surface area contributed by atoms with Crippen LogP contribution in [0.5, 0.6) is 5.75 Å². The Morgan fingerprint density at radius 2 is 2.26 bits per heavy atom. The monoisotopic (exact) mass is 386 g/mol. The highest BCUT2D eigenvalue weighted by molar-refractivity contribution is 7.18. The molecule has 1 fully saturated rings. The molecule has 2 aromatic heterocycles. The van der Waals surface area contributed by atoms with Crippen molar-refractivity contribution in [2.24, 2.45) is 0 Å². The summed E-state index contributed by atoms with van der Waals surface area (Å²) in [5.41, 5.74) is 1.26. The molecule has 0 bridgehead atoms. The molecule has 0 saturated carbocycles. The normalized spacial score (nSPS) is 17.2. The largest absolute Gasteiger partial charge is 0.485 e. The van der Waals surface area contributed by atoms with Gasteiger partial charge in [-0.05, 0) is 39.6 Å². The lowest BCUT2D eigenvalue weighted by atomic mass is 10.2. The van der Waals surface area contributed by atoms with Gasteiger partial charge in [0.1, 0.15) is 12.4 Å². The predicted molar refractivity (Wildman–Crippen MR) is 103 cm³/mol. The standard InChI is InChI=1S/C19H22N4O3S/c1-12-20-16-8-14(4-5-18(16)27-12)25-11-15-9-17(21-26-15)19(24)23-7-6-13(10-23)22(2)3/h4-5,8-9,13H,6-7,10-11H2,1-3H3/t13-/m1/s1. The van der Waals surface area contributed by atoms with E-state index in [4.69, 9.17) is 9.26 Å². The van der Waals surface area contributed by atoms with E-state index in [1.165, 1.54) is 0 Å². The van der Waals surface area contributed by atoms with Crippen LogP contribution in [0.25, 0.3) is 10.2 Å². The fourth-order valence-electron chi connectivity index (χ4n) is 3.26. The minimum atomic E-state index is -0.0892. The Bertz CT molecular complexity index is 965. The fourth-order valence-corrected chi connectivity index (χ4v) is 4.07. The van der Waals surface area contributed by atoms with Gasteiger partial charge in [-0.1, -0.05) is 5.16 Å². The summed E-state index contributed by atoms with van der Waals surface area (Å²) in [5, 5.41) is 4.95. The molecule has 0 spiro atoms. The minimum Gasteiger partial charge on any atom is -0.485 e. The second kappa shape index (κ2) is 7.28. The Kier molecular flexibility index (Phi) is 4.84. The molecule has 27 heavy (non-hydrogen) atoms. The van der Waals surface area contributed by atoms with E-state index in [1.807, 2.05) is 44.1 Å². The number of ether oxygens (including phenoxy) is 1. The van der Waals surface area contributed by atoms with Crippen LogP contribution >= 0.6 is 11.3 Å². The molecule has 0 N–H and O–H groups in total. The Morgan fingerprint density at radius 3 is 3.04 bits per heavy atom. The molecule has 0 radical (unpaired) electrons. The Labute approximate surface area is 161 Å². The molecule has 1 amide bonds. The van der Waals surface area contributed by atoms with E-state index < -0.39 is 0 Å². The van der Waals surface area contributed by atoms with Crippen LogP contribution in [0.15, 0.2) is 28.8 Å². The van der Waals surface area contributed by atoms with E-state index in [1.54, 1.807) is 17.4 Å². The molecule has 1 aliphatic heterocycles. The molecular weight excluding hydrogens is 364 g/mol. The zero-order valence-corrected chi connectivity index (χ0v) is 16.5. The first-order chi connectivity index (χ1) is 13.0. The zero-order chi connectivity index (χ0) is 19.0. The van der Waals surface area contributed by atoms with Crippen LogP contribution in [-0.4, -0.2) is 59.1 Å². The number of rotatable bonds is 5. The summed E-state index contributed by atoms with van der Waals surface area (Å²) in [4.78, 5) is 21.0. The molecule has 1 aromatic carbocycles. The maximum Gasteiger partial charge on any atom is 0.276 e. The molecule has 1 aliphatic rings. The number of carbonyl (C=O) groups is 1. The second-order valence-electron chi connectivity index (χ2n) is 6.99. The van der Waals surface area contributed by atoms with Gasteiger partial charge in [0.05, 0.1) is 15.2 Å². The fraction of sp³-hybridized carbons (Fsp3) is 0.421. The van der Waals surface area contributed by atoms with Crippen molar-refractivity contribution in [1.29, 1.82) is 0 Å².